The molecule has 0 aliphatic heterocycles. The number of nitrogens with zero attached hydrogens (tertiary/aromatic N) is 1. The van der Waals surface area contributed by atoms with Gasteiger partial charge in [-0.05, 0) is 51.1 Å². The zero-order chi connectivity index (χ0) is 18.0. The molecule has 2 aromatic heterocycles. The Balaban J connectivity index is 1.94. The molecule has 0 spiro atoms. The van der Waals surface area contributed by atoms with Crippen LogP contribution in [0.2, 0.25) is 0 Å². The summed E-state index contributed by atoms with van der Waals surface area (Å²) >= 11 is 0. The van der Waals surface area contributed by atoms with E-state index in [0.717, 1.165) is 34.0 Å². The first-order valence-electron chi connectivity index (χ1n) is 7.99. The van der Waals surface area contributed by atoms with Crippen LogP contribution < -0.4 is 4.74 Å². The number of benzene rings is 1. The van der Waals surface area contributed by atoms with Gasteiger partial charge in [0.2, 0.25) is 0 Å². The summed E-state index contributed by atoms with van der Waals surface area (Å²) in [5, 5.41) is 9.68. The molecule has 1 aromatic carbocycles. The van der Waals surface area contributed by atoms with Crippen LogP contribution in [0, 0.1) is 0 Å². The molecule has 5 nitrogen and oxygen atoms in total. The number of rotatable bonds is 4. The van der Waals surface area contributed by atoms with Gasteiger partial charge >= 0.3 is 5.97 Å². The van der Waals surface area contributed by atoms with E-state index in [0.29, 0.717) is 5.69 Å². The Kier molecular flexibility index (Phi) is 4.31. The Labute approximate surface area is 146 Å². The highest BCUT2D eigenvalue weighted by Gasteiger charge is 2.12. The highest BCUT2D eigenvalue weighted by Crippen LogP contribution is 2.28. The number of aromatic nitrogens is 2. The molecule has 2 N–H and O–H groups in total. The second kappa shape index (κ2) is 6.43. The van der Waals surface area contributed by atoms with Crippen molar-refractivity contribution in [1.82, 2.24) is 9.97 Å². The van der Waals surface area contributed by atoms with Crippen LogP contribution in [0.15, 0.2) is 48.7 Å². The van der Waals surface area contributed by atoms with Crippen molar-refractivity contribution in [3.63, 3.8) is 0 Å². The molecule has 0 radical (unpaired) electrons. The summed E-state index contributed by atoms with van der Waals surface area (Å²) in [7, 11) is 0. The second-order valence-corrected chi connectivity index (χ2v) is 6.79. The minimum absolute atomic E-state index is 0.256. The molecule has 0 aliphatic carbocycles. The van der Waals surface area contributed by atoms with E-state index in [9.17, 15) is 4.79 Å². The van der Waals surface area contributed by atoms with Gasteiger partial charge in [0.25, 0.3) is 0 Å². The molecular formula is C20H20N2O3. The molecule has 2 heterocycles. The molecule has 128 valence electrons. The van der Waals surface area contributed by atoms with E-state index < -0.39 is 5.97 Å². The molecule has 0 amide bonds. The second-order valence-electron chi connectivity index (χ2n) is 6.79. The minimum atomic E-state index is -0.993. The number of aliphatic carboxylic acids is 1. The highest BCUT2D eigenvalue weighted by atomic mass is 16.5. The van der Waals surface area contributed by atoms with Gasteiger partial charge in [-0.2, -0.15) is 0 Å². The first-order valence-corrected chi connectivity index (χ1v) is 7.99. The molecule has 0 unspecified atom stereocenters. The lowest BCUT2D eigenvalue weighted by atomic mass is 10.1. The van der Waals surface area contributed by atoms with Gasteiger partial charge < -0.3 is 14.8 Å². The van der Waals surface area contributed by atoms with Crippen LogP contribution in [0.5, 0.6) is 5.75 Å². The Bertz CT molecular complexity index is 949. The smallest absolute Gasteiger partial charge is 0.328 e. The van der Waals surface area contributed by atoms with Crippen LogP contribution in [-0.2, 0) is 4.79 Å². The van der Waals surface area contributed by atoms with Crippen molar-refractivity contribution in [2.24, 2.45) is 0 Å². The van der Waals surface area contributed by atoms with Crippen molar-refractivity contribution < 1.29 is 14.6 Å². The normalized spacial score (nSPS) is 12.0. The van der Waals surface area contributed by atoms with Crippen molar-refractivity contribution in [2.45, 2.75) is 26.4 Å². The molecule has 5 heteroatoms. The van der Waals surface area contributed by atoms with Gasteiger partial charge in [0.15, 0.2) is 0 Å². The van der Waals surface area contributed by atoms with Gasteiger partial charge in [0.05, 0.1) is 17.4 Å². The quantitative estimate of drug-likeness (QED) is 0.688. The van der Waals surface area contributed by atoms with Crippen molar-refractivity contribution in [3.8, 4) is 17.0 Å². The average Bonchev–Trinajstić information content (AvgIpc) is 2.94. The summed E-state index contributed by atoms with van der Waals surface area (Å²) in [6, 6.07) is 11.8. The Morgan fingerprint density at radius 1 is 1.24 bits per heavy atom. The number of pyridine rings is 1. The molecule has 0 aliphatic rings. The number of carboxylic acid groups (broad SMARTS) is 1. The maximum atomic E-state index is 10.6. The van der Waals surface area contributed by atoms with Crippen LogP contribution in [0.3, 0.4) is 0 Å². The number of carbonyl (C=O) groups is 1. The predicted octanol–water partition coefficient (Wildman–Crippen LogP) is 4.51. The number of fused-ring (bicyclic) bond motifs is 1. The number of hydrogen-bond acceptors (Lipinski definition) is 3. The monoisotopic (exact) mass is 336 g/mol. The van der Waals surface area contributed by atoms with Gasteiger partial charge in [-0.15, -0.1) is 0 Å². The van der Waals surface area contributed by atoms with Gasteiger partial charge in [-0.25, -0.2) is 4.79 Å². The maximum Gasteiger partial charge on any atom is 0.328 e. The molecule has 0 atom stereocenters. The lowest BCUT2D eigenvalue weighted by Crippen LogP contribution is -2.22. The van der Waals surface area contributed by atoms with E-state index in [1.165, 1.54) is 6.08 Å². The molecular weight excluding hydrogens is 316 g/mol. The third-order valence-electron chi connectivity index (χ3n) is 3.49. The van der Waals surface area contributed by atoms with E-state index in [2.05, 4.69) is 9.97 Å². The Morgan fingerprint density at radius 2 is 2.04 bits per heavy atom. The van der Waals surface area contributed by atoms with Gasteiger partial charge in [-0.1, -0.05) is 12.1 Å². The Hall–Kier alpha value is -3.08. The fourth-order valence-electron chi connectivity index (χ4n) is 2.53. The number of hydrogen-bond donors (Lipinski definition) is 2. The first kappa shape index (κ1) is 16.8. The molecule has 25 heavy (non-hydrogen) atoms. The van der Waals surface area contributed by atoms with Crippen LogP contribution >= 0.6 is 0 Å². The summed E-state index contributed by atoms with van der Waals surface area (Å²) < 4.78 is 5.92. The fourth-order valence-corrected chi connectivity index (χ4v) is 2.53. The summed E-state index contributed by atoms with van der Waals surface area (Å²) in [6.07, 6.45) is 4.26. The summed E-state index contributed by atoms with van der Waals surface area (Å²) in [5.74, 6) is -0.181. The van der Waals surface area contributed by atoms with E-state index in [1.807, 2.05) is 57.2 Å². The van der Waals surface area contributed by atoms with Crippen LogP contribution in [0.4, 0.5) is 0 Å². The largest absolute Gasteiger partial charge is 0.488 e. The number of carboxylic acids is 1. The number of H-pyrrole nitrogens is 1. The third kappa shape index (κ3) is 4.26. The van der Waals surface area contributed by atoms with Crippen LogP contribution in [-0.4, -0.2) is 26.6 Å². The van der Waals surface area contributed by atoms with E-state index in [1.54, 1.807) is 6.20 Å². The van der Waals surface area contributed by atoms with E-state index in [-0.39, 0.29) is 5.60 Å². The summed E-state index contributed by atoms with van der Waals surface area (Å²) in [6.45, 7) is 6.04. The number of nitrogens with one attached hydrogen (secondary N) is 1. The number of aromatic amines is 1. The van der Waals surface area contributed by atoms with E-state index in [4.69, 9.17) is 9.84 Å². The molecule has 0 fully saturated rings. The lowest BCUT2D eigenvalue weighted by Gasteiger charge is -2.21. The standard InChI is InChI=1S/C20H20N2O3/c1-20(2,3)25-16-6-4-5-13(10-16)17-11-14-9-15(7-8-19(23)24)21-12-18(14)22-17/h4-12,22H,1-3H3,(H,23,24)/b8-7+. The SMILES string of the molecule is CC(C)(C)Oc1cccc(-c2cc3cc(/C=C/C(=O)O)ncc3[nH]2)c1. The van der Waals surface area contributed by atoms with Gasteiger partial charge in [-0.3, -0.25) is 4.98 Å². The van der Waals surface area contributed by atoms with Gasteiger partial charge in [0.1, 0.15) is 11.4 Å². The van der Waals surface area contributed by atoms with Gasteiger partial charge in [0, 0.05) is 22.7 Å². The molecule has 3 rings (SSSR count). The fraction of sp³-hybridized carbons (Fsp3) is 0.200. The van der Waals surface area contributed by atoms with Crippen molar-refractivity contribution >= 4 is 22.9 Å². The average molecular weight is 336 g/mol. The van der Waals surface area contributed by atoms with E-state index >= 15 is 0 Å². The number of ether oxygens (including phenoxy) is 1. The van der Waals surface area contributed by atoms with Crippen LogP contribution in [0.25, 0.3) is 28.2 Å². The Morgan fingerprint density at radius 3 is 2.76 bits per heavy atom. The van der Waals surface area contributed by atoms with Crippen LogP contribution in [0.1, 0.15) is 26.5 Å². The zero-order valence-electron chi connectivity index (χ0n) is 14.4. The first-order chi connectivity index (χ1) is 11.8. The van der Waals surface area contributed by atoms with Crippen molar-refractivity contribution in [1.29, 1.82) is 0 Å². The maximum absolute atomic E-state index is 10.6. The molecule has 0 saturated heterocycles. The van der Waals surface area contributed by atoms with Crippen molar-refractivity contribution in [2.75, 3.05) is 0 Å². The minimum Gasteiger partial charge on any atom is -0.488 e. The topological polar surface area (TPSA) is 75.2 Å². The molecule has 0 saturated carbocycles. The summed E-state index contributed by atoms with van der Waals surface area (Å²) in [5.41, 5.74) is 3.21. The zero-order valence-corrected chi connectivity index (χ0v) is 14.4. The summed E-state index contributed by atoms with van der Waals surface area (Å²) in [4.78, 5) is 18.2. The lowest BCUT2D eigenvalue weighted by molar-refractivity contribution is -0.131. The third-order valence-corrected chi connectivity index (χ3v) is 3.49. The molecule has 0 bridgehead atoms. The highest BCUT2D eigenvalue weighted by molar-refractivity contribution is 5.89. The van der Waals surface area contributed by atoms with Crippen molar-refractivity contribution in [3.05, 3.63) is 54.4 Å². The molecule has 3 aromatic rings. The predicted molar refractivity (Wildman–Crippen MR) is 98.6 cm³/mol.